The first-order chi connectivity index (χ1) is 16.5. The summed E-state index contributed by atoms with van der Waals surface area (Å²) in [5, 5.41) is 24.0. The van der Waals surface area contributed by atoms with E-state index in [2.05, 4.69) is 10.1 Å². The van der Waals surface area contributed by atoms with E-state index < -0.39 is 33.8 Å². The number of amides is 1. The molecule has 194 valence electrons. The maximum Gasteiger partial charge on any atom is 0.424 e. The van der Waals surface area contributed by atoms with Gasteiger partial charge in [0.2, 0.25) is 5.60 Å². The molecule has 0 fully saturated rings. The summed E-state index contributed by atoms with van der Waals surface area (Å²) in [5.41, 5.74) is -1.47. The van der Waals surface area contributed by atoms with Crippen LogP contribution in [0.15, 0.2) is 24.4 Å². The van der Waals surface area contributed by atoms with Gasteiger partial charge in [0, 0.05) is 19.0 Å². The highest BCUT2D eigenvalue weighted by Crippen LogP contribution is 2.40. The Morgan fingerprint density at radius 2 is 1.92 bits per heavy atom. The van der Waals surface area contributed by atoms with Crippen LogP contribution in [0.4, 0.5) is 13.2 Å². The predicted octanol–water partition coefficient (Wildman–Crippen LogP) is 2.13. The van der Waals surface area contributed by atoms with Crippen molar-refractivity contribution >= 4 is 26.9 Å². The number of imidazole rings is 1. The van der Waals surface area contributed by atoms with Gasteiger partial charge in [-0.3, -0.25) is 14.0 Å². The first-order valence-electron chi connectivity index (χ1n) is 10.4. The molecule has 0 saturated carbocycles. The van der Waals surface area contributed by atoms with Gasteiger partial charge in [0.25, 0.3) is 16.0 Å². The summed E-state index contributed by atoms with van der Waals surface area (Å²) in [6, 6.07) is 6.33. The van der Waals surface area contributed by atoms with Crippen LogP contribution in [0.5, 0.6) is 0 Å². The molecule has 1 aromatic carbocycles. The summed E-state index contributed by atoms with van der Waals surface area (Å²) < 4.78 is 68.6. The van der Waals surface area contributed by atoms with E-state index in [4.69, 9.17) is 9.81 Å². The van der Waals surface area contributed by atoms with Crippen LogP contribution in [0.3, 0.4) is 0 Å². The average molecular weight is 529 g/mol. The molecule has 2 aromatic heterocycles. The zero-order valence-corrected chi connectivity index (χ0v) is 20.5. The van der Waals surface area contributed by atoms with Gasteiger partial charge in [-0.15, -0.1) is 0 Å². The normalized spacial score (nSPS) is 17.6. The van der Waals surface area contributed by atoms with Crippen molar-refractivity contribution in [2.45, 2.75) is 38.2 Å². The summed E-state index contributed by atoms with van der Waals surface area (Å²) in [6.07, 6.45) is -2.92. The third-order valence-corrected chi connectivity index (χ3v) is 5.59. The lowest BCUT2D eigenvalue weighted by atomic mass is 10.0. The van der Waals surface area contributed by atoms with Crippen molar-refractivity contribution in [3.8, 4) is 6.07 Å². The molecule has 15 heteroatoms. The molecular formula is C21H23F3N6O5S. The zero-order chi connectivity index (χ0) is 27.2. The van der Waals surface area contributed by atoms with Gasteiger partial charge in [-0.1, -0.05) is 0 Å². The second-order valence-corrected chi connectivity index (χ2v) is 10.1. The van der Waals surface area contributed by atoms with E-state index in [9.17, 15) is 31.5 Å². The van der Waals surface area contributed by atoms with Crippen LogP contribution in [0.25, 0.3) is 10.9 Å². The van der Waals surface area contributed by atoms with E-state index in [1.165, 1.54) is 20.3 Å². The van der Waals surface area contributed by atoms with E-state index in [1.807, 2.05) is 6.07 Å². The Bertz CT molecular complexity index is 1460. The summed E-state index contributed by atoms with van der Waals surface area (Å²) in [4.78, 5) is 18.7. The fourth-order valence-electron chi connectivity index (χ4n) is 3.98. The molecule has 0 spiro atoms. The molecule has 0 bridgehead atoms. The third kappa shape index (κ3) is 5.20. The number of rotatable bonds is 2. The largest absolute Gasteiger partial charge is 0.424 e. The van der Waals surface area contributed by atoms with E-state index in [1.54, 1.807) is 32.2 Å². The van der Waals surface area contributed by atoms with Gasteiger partial charge in [-0.05, 0) is 32.0 Å². The van der Waals surface area contributed by atoms with Crippen molar-refractivity contribution in [1.29, 1.82) is 5.26 Å². The number of aromatic nitrogens is 4. The number of aryl methyl sites for hydroxylation is 1. The van der Waals surface area contributed by atoms with Crippen LogP contribution in [-0.4, -0.2) is 67.2 Å². The minimum atomic E-state index is -4.89. The lowest BCUT2D eigenvalue weighted by Gasteiger charge is -2.36. The van der Waals surface area contributed by atoms with Gasteiger partial charge in [0.1, 0.15) is 5.69 Å². The molecule has 11 nitrogen and oxygen atoms in total. The molecule has 2 atom stereocenters. The quantitative estimate of drug-likeness (QED) is 0.480. The topological polar surface area (TPSA) is 154 Å². The zero-order valence-electron chi connectivity index (χ0n) is 19.6. The number of halogens is 3. The Labute approximate surface area is 204 Å². The van der Waals surface area contributed by atoms with Crippen LogP contribution >= 0.6 is 0 Å². The number of carbonyl (C=O) groups excluding carboxylic acids is 1. The van der Waals surface area contributed by atoms with Gasteiger partial charge in [-0.2, -0.15) is 31.9 Å². The molecule has 1 aliphatic heterocycles. The number of alkyl halides is 3. The van der Waals surface area contributed by atoms with E-state index >= 15 is 0 Å². The Kier molecular flexibility index (Phi) is 6.92. The van der Waals surface area contributed by atoms with Gasteiger partial charge < -0.3 is 14.6 Å². The summed E-state index contributed by atoms with van der Waals surface area (Å²) >= 11 is 0. The van der Waals surface area contributed by atoms with E-state index in [0.717, 1.165) is 0 Å². The number of nitrogens with zero attached hydrogens (tertiary/aromatic N) is 6. The number of hydrogen-bond donors (Lipinski definition) is 2. The number of hydrogen-bond acceptors (Lipinski definition) is 7. The monoisotopic (exact) mass is 528 g/mol. The van der Waals surface area contributed by atoms with Crippen molar-refractivity contribution in [2.24, 2.45) is 7.05 Å². The molecule has 0 saturated heterocycles. The van der Waals surface area contributed by atoms with Crippen molar-refractivity contribution in [1.82, 2.24) is 24.2 Å². The van der Waals surface area contributed by atoms with Crippen LogP contribution in [-0.2, 0) is 29.3 Å². The van der Waals surface area contributed by atoms with E-state index in [-0.39, 0.29) is 19.0 Å². The Morgan fingerprint density at radius 3 is 2.47 bits per heavy atom. The Balaban J connectivity index is 0.000000658. The fourth-order valence-corrected chi connectivity index (χ4v) is 3.98. The average Bonchev–Trinajstić information content (AvgIpc) is 3.31. The first-order valence-corrected chi connectivity index (χ1v) is 12.2. The summed E-state index contributed by atoms with van der Waals surface area (Å²) in [6.45, 7) is 2.50. The number of aliphatic hydroxyl groups is 1. The molecule has 0 unspecified atom stereocenters. The second kappa shape index (κ2) is 9.19. The first kappa shape index (κ1) is 27.1. The van der Waals surface area contributed by atoms with Crippen molar-refractivity contribution in [3.63, 3.8) is 0 Å². The standard InChI is InChI=1S/C20H19F3N6O2.CH4O3S/c1-11-9-28(10-13-8-25-18(29(11)13)19(2,31)20(21,22)23)17(30)16-14-5-4-12(7-24)6-15(14)26-27(16)3;1-5(2,3)4/h4-6,8,11,31H,9-10H2,1-3H3;1H3,(H,2,3,4)/t11-,19+;/m0./s1. The van der Waals surface area contributed by atoms with Crippen molar-refractivity contribution < 1.29 is 36.0 Å². The maximum absolute atomic E-state index is 13.3. The molecule has 0 aliphatic carbocycles. The van der Waals surface area contributed by atoms with Crippen LogP contribution in [0, 0.1) is 11.3 Å². The molecule has 4 rings (SSSR count). The molecule has 3 aromatic rings. The summed E-state index contributed by atoms with van der Waals surface area (Å²) in [5.74, 6) is -0.831. The number of fused-ring (bicyclic) bond motifs is 2. The highest BCUT2D eigenvalue weighted by molar-refractivity contribution is 7.85. The van der Waals surface area contributed by atoms with Crippen LogP contribution in [0.2, 0.25) is 0 Å². The van der Waals surface area contributed by atoms with Gasteiger partial charge in [-0.25, -0.2) is 4.98 Å². The second-order valence-electron chi connectivity index (χ2n) is 8.60. The van der Waals surface area contributed by atoms with Gasteiger partial charge in [0.15, 0.2) is 5.82 Å². The molecular weight excluding hydrogens is 505 g/mol. The molecule has 3 heterocycles. The maximum atomic E-state index is 13.3. The SMILES string of the molecule is CS(=O)(=O)O.C[C@H]1CN(C(=O)c2c3ccc(C#N)cc3nn2C)Cc2cnc([C@@](C)(O)C(F)(F)F)n21. The van der Waals surface area contributed by atoms with E-state index in [0.29, 0.717) is 41.0 Å². The Morgan fingerprint density at radius 1 is 1.31 bits per heavy atom. The van der Waals surface area contributed by atoms with Crippen molar-refractivity contribution in [3.05, 3.63) is 47.2 Å². The molecule has 1 aliphatic rings. The lowest BCUT2D eigenvalue weighted by Crippen LogP contribution is -2.46. The smallest absolute Gasteiger partial charge is 0.374 e. The third-order valence-electron chi connectivity index (χ3n) is 5.59. The predicted molar refractivity (Wildman–Crippen MR) is 120 cm³/mol. The minimum Gasteiger partial charge on any atom is -0.374 e. The lowest BCUT2D eigenvalue weighted by molar-refractivity contribution is -0.263. The summed E-state index contributed by atoms with van der Waals surface area (Å²) in [7, 11) is -2.05. The molecule has 0 radical (unpaired) electrons. The highest BCUT2D eigenvalue weighted by Gasteiger charge is 2.55. The van der Waals surface area contributed by atoms with Gasteiger partial charge >= 0.3 is 6.18 Å². The molecule has 36 heavy (non-hydrogen) atoms. The van der Waals surface area contributed by atoms with Gasteiger partial charge in [0.05, 0.1) is 47.9 Å². The molecule has 2 N–H and O–H groups in total. The van der Waals surface area contributed by atoms with Crippen LogP contribution < -0.4 is 0 Å². The minimum absolute atomic E-state index is 0.0348. The number of carbonyl (C=O) groups is 1. The number of benzene rings is 1. The Hall–Kier alpha value is -3.48. The number of nitriles is 1. The molecule has 1 amide bonds. The van der Waals surface area contributed by atoms with Crippen LogP contribution in [0.1, 0.15) is 47.5 Å². The fraction of sp³-hybridized carbons (Fsp3) is 0.429. The highest BCUT2D eigenvalue weighted by atomic mass is 32.2. The van der Waals surface area contributed by atoms with Crippen molar-refractivity contribution in [2.75, 3.05) is 12.8 Å².